The first-order valence-electron chi connectivity index (χ1n) is 8.35. The Morgan fingerprint density at radius 1 is 1.19 bits per heavy atom. The molecule has 0 radical (unpaired) electrons. The zero-order valence-corrected chi connectivity index (χ0v) is 13.9. The van der Waals surface area contributed by atoms with Gasteiger partial charge < -0.3 is 14.6 Å². The van der Waals surface area contributed by atoms with Gasteiger partial charge in [-0.25, -0.2) is 0 Å². The van der Waals surface area contributed by atoms with Crippen LogP contribution in [0.2, 0.25) is 0 Å². The Labute approximate surface area is 149 Å². The molecule has 7 nitrogen and oxygen atoms in total. The lowest BCUT2D eigenvalue weighted by atomic mass is 10.1. The number of amides is 1. The third-order valence-electron chi connectivity index (χ3n) is 4.59. The van der Waals surface area contributed by atoms with Crippen LogP contribution in [-0.4, -0.2) is 40.4 Å². The molecule has 1 aliphatic heterocycles. The monoisotopic (exact) mass is 351 g/mol. The average molecular weight is 351 g/mol. The van der Waals surface area contributed by atoms with E-state index in [9.17, 15) is 14.9 Å². The summed E-state index contributed by atoms with van der Waals surface area (Å²) < 4.78 is 5.80. The van der Waals surface area contributed by atoms with E-state index >= 15 is 0 Å². The predicted molar refractivity (Wildman–Crippen MR) is 96.0 cm³/mol. The maximum Gasteiger partial charge on any atom is 0.293 e. The van der Waals surface area contributed by atoms with Crippen LogP contribution in [0, 0.1) is 10.1 Å². The molecule has 1 atom stereocenters. The fraction of sp³-hybridized carbons (Fsp3) is 0.211. The van der Waals surface area contributed by atoms with Crippen LogP contribution in [0.5, 0.6) is 0 Å². The highest BCUT2D eigenvalue weighted by molar-refractivity contribution is 6.00. The SMILES string of the molecule is O=C(c1cc2cccc([N+](=O)[O-])c2[nH]1)N1CCO[C@H](c2ccccc2)C1. The number of nitro benzene ring substituents is 1. The van der Waals surface area contributed by atoms with E-state index in [1.807, 2.05) is 30.3 Å². The molecule has 0 saturated carbocycles. The number of non-ortho nitro benzene ring substituents is 1. The van der Waals surface area contributed by atoms with Crippen molar-refractivity contribution in [3.05, 3.63) is 76.0 Å². The van der Waals surface area contributed by atoms with Crippen molar-refractivity contribution in [3.8, 4) is 0 Å². The number of aromatic nitrogens is 1. The summed E-state index contributed by atoms with van der Waals surface area (Å²) in [6.45, 7) is 1.38. The fourth-order valence-corrected chi connectivity index (χ4v) is 3.28. The molecule has 1 aromatic heterocycles. The second kappa shape index (κ2) is 6.61. The molecular weight excluding hydrogens is 334 g/mol. The first-order valence-corrected chi connectivity index (χ1v) is 8.35. The van der Waals surface area contributed by atoms with Crippen molar-refractivity contribution in [2.45, 2.75) is 6.10 Å². The molecule has 0 bridgehead atoms. The predicted octanol–water partition coefficient (Wildman–Crippen LogP) is 3.29. The minimum atomic E-state index is -0.451. The zero-order chi connectivity index (χ0) is 18.1. The smallest absolute Gasteiger partial charge is 0.293 e. The largest absolute Gasteiger partial charge is 0.370 e. The number of H-pyrrole nitrogens is 1. The van der Waals surface area contributed by atoms with Gasteiger partial charge in [0.1, 0.15) is 17.3 Å². The summed E-state index contributed by atoms with van der Waals surface area (Å²) in [7, 11) is 0. The maximum atomic E-state index is 12.9. The van der Waals surface area contributed by atoms with E-state index in [2.05, 4.69) is 4.98 Å². The average Bonchev–Trinajstić information content (AvgIpc) is 3.12. The molecule has 7 heteroatoms. The molecule has 1 fully saturated rings. The van der Waals surface area contributed by atoms with Crippen molar-refractivity contribution in [1.82, 2.24) is 9.88 Å². The summed E-state index contributed by atoms with van der Waals surface area (Å²) in [5, 5.41) is 11.8. The van der Waals surface area contributed by atoms with E-state index in [1.54, 1.807) is 23.1 Å². The molecule has 2 aromatic carbocycles. The van der Waals surface area contributed by atoms with Gasteiger partial charge in [-0.2, -0.15) is 0 Å². The number of carbonyl (C=O) groups is 1. The Morgan fingerprint density at radius 2 is 2.00 bits per heavy atom. The highest BCUT2D eigenvalue weighted by Gasteiger charge is 2.27. The highest BCUT2D eigenvalue weighted by atomic mass is 16.6. The number of nitrogens with zero attached hydrogens (tertiary/aromatic N) is 2. The van der Waals surface area contributed by atoms with Gasteiger partial charge in [-0.1, -0.05) is 42.5 Å². The molecule has 2 heterocycles. The number of para-hydroxylation sites is 1. The maximum absolute atomic E-state index is 12.9. The van der Waals surface area contributed by atoms with Gasteiger partial charge >= 0.3 is 0 Å². The van der Waals surface area contributed by atoms with Crippen LogP contribution < -0.4 is 0 Å². The first-order chi connectivity index (χ1) is 12.6. The number of carbonyl (C=O) groups excluding carboxylic acids is 1. The Morgan fingerprint density at radius 3 is 2.77 bits per heavy atom. The molecule has 0 aliphatic carbocycles. The van der Waals surface area contributed by atoms with E-state index < -0.39 is 4.92 Å². The van der Waals surface area contributed by atoms with Crippen LogP contribution in [0.4, 0.5) is 5.69 Å². The van der Waals surface area contributed by atoms with E-state index in [0.29, 0.717) is 36.3 Å². The number of ether oxygens (including phenoxy) is 1. The number of nitro groups is 1. The molecule has 1 N–H and O–H groups in total. The lowest BCUT2D eigenvalue weighted by molar-refractivity contribution is -0.383. The lowest BCUT2D eigenvalue weighted by Crippen LogP contribution is -2.42. The number of rotatable bonds is 3. The molecule has 3 aromatic rings. The molecular formula is C19H17N3O4. The second-order valence-corrected chi connectivity index (χ2v) is 6.20. The Hall–Kier alpha value is -3.19. The molecule has 132 valence electrons. The first kappa shape index (κ1) is 16.3. The Balaban J connectivity index is 1.60. The number of nitrogens with one attached hydrogen (secondary N) is 1. The normalized spacial score (nSPS) is 17.4. The molecule has 0 unspecified atom stereocenters. The quantitative estimate of drug-likeness (QED) is 0.579. The van der Waals surface area contributed by atoms with Crippen molar-refractivity contribution in [3.63, 3.8) is 0 Å². The van der Waals surface area contributed by atoms with Gasteiger partial charge in [0.15, 0.2) is 0 Å². The van der Waals surface area contributed by atoms with Crippen molar-refractivity contribution in [2.75, 3.05) is 19.7 Å². The van der Waals surface area contributed by atoms with E-state index in [0.717, 1.165) is 5.56 Å². The minimum Gasteiger partial charge on any atom is -0.370 e. The summed E-state index contributed by atoms with van der Waals surface area (Å²) in [6, 6.07) is 16.2. The van der Waals surface area contributed by atoms with Crippen molar-refractivity contribution in [1.29, 1.82) is 0 Å². The minimum absolute atomic E-state index is 0.0364. The van der Waals surface area contributed by atoms with Gasteiger partial charge in [0, 0.05) is 18.0 Å². The molecule has 26 heavy (non-hydrogen) atoms. The summed E-state index contributed by atoms with van der Waals surface area (Å²) in [6.07, 6.45) is -0.174. The molecule has 1 aliphatic rings. The Kier molecular flexibility index (Phi) is 4.14. The second-order valence-electron chi connectivity index (χ2n) is 6.20. The van der Waals surface area contributed by atoms with Crippen LogP contribution in [0.15, 0.2) is 54.6 Å². The molecule has 1 saturated heterocycles. The van der Waals surface area contributed by atoms with Crippen LogP contribution in [0.1, 0.15) is 22.2 Å². The van der Waals surface area contributed by atoms with Gasteiger partial charge in [0.25, 0.3) is 11.6 Å². The van der Waals surface area contributed by atoms with Gasteiger partial charge in [-0.3, -0.25) is 14.9 Å². The van der Waals surface area contributed by atoms with Crippen molar-refractivity contribution < 1.29 is 14.5 Å². The lowest BCUT2D eigenvalue weighted by Gasteiger charge is -2.33. The van der Waals surface area contributed by atoms with Crippen molar-refractivity contribution in [2.24, 2.45) is 0 Å². The summed E-state index contributed by atoms with van der Waals surface area (Å²) in [4.78, 5) is 28.3. The van der Waals surface area contributed by atoms with Crippen LogP contribution >= 0.6 is 0 Å². The topological polar surface area (TPSA) is 88.5 Å². The summed E-state index contributed by atoms with van der Waals surface area (Å²) >= 11 is 0. The molecule has 0 spiro atoms. The van der Waals surface area contributed by atoms with Crippen molar-refractivity contribution >= 4 is 22.5 Å². The molecule has 1 amide bonds. The number of hydrogen-bond acceptors (Lipinski definition) is 4. The van der Waals surface area contributed by atoms with Crippen LogP contribution in [-0.2, 0) is 4.74 Å². The van der Waals surface area contributed by atoms with Crippen LogP contribution in [0.25, 0.3) is 10.9 Å². The highest BCUT2D eigenvalue weighted by Crippen LogP contribution is 2.27. The third kappa shape index (κ3) is 2.93. The third-order valence-corrected chi connectivity index (χ3v) is 4.59. The number of aromatic amines is 1. The van der Waals surface area contributed by atoms with Gasteiger partial charge in [-0.05, 0) is 11.6 Å². The Bertz CT molecular complexity index is 967. The number of fused-ring (bicyclic) bond motifs is 1. The standard InChI is InChI=1S/C19H17N3O4/c23-19(15-11-14-7-4-8-16(22(24)25)18(14)20-15)21-9-10-26-17(12-21)13-5-2-1-3-6-13/h1-8,11,17,20H,9-10,12H2/t17-/m0/s1. The molecule has 4 rings (SSSR count). The van der Waals surface area contributed by atoms with E-state index in [-0.39, 0.29) is 17.7 Å². The van der Waals surface area contributed by atoms with E-state index in [1.165, 1.54) is 6.07 Å². The van der Waals surface area contributed by atoms with Gasteiger partial charge in [-0.15, -0.1) is 0 Å². The van der Waals surface area contributed by atoms with Gasteiger partial charge in [0.2, 0.25) is 0 Å². The summed E-state index contributed by atoms with van der Waals surface area (Å²) in [5.74, 6) is -0.181. The number of hydrogen-bond donors (Lipinski definition) is 1. The number of benzene rings is 2. The van der Waals surface area contributed by atoms with Crippen LogP contribution in [0.3, 0.4) is 0 Å². The van der Waals surface area contributed by atoms with Gasteiger partial charge in [0.05, 0.1) is 18.1 Å². The number of morpholine rings is 1. The summed E-state index contributed by atoms with van der Waals surface area (Å²) in [5.41, 5.74) is 1.71. The zero-order valence-electron chi connectivity index (χ0n) is 13.9. The fourth-order valence-electron chi connectivity index (χ4n) is 3.28. The van der Waals surface area contributed by atoms with E-state index in [4.69, 9.17) is 4.74 Å².